The van der Waals surface area contributed by atoms with Crippen LogP contribution in [-0.2, 0) is 14.8 Å². The Morgan fingerprint density at radius 1 is 1.07 bits per heavy atom. The number of aromatic nitrogens is 1. The Morgan fingerprint density at radius 3 is 2.47 bits per heavy atom. The lowest BCUT2D eigenvalue weighted by Crippen LogP contribution is -2.50. The predicted molar refractivity (Wildman–Crippen MR) is 114 cm³/mol. The highest BCUT2D eigenvalue weighted by Gasteiger charge is 2.29. The second-order valence-corrected chi connectivity index (χ2v) is 9.39. The van der Waals surface area contributed by atoms with Gasteiger partial charge in [-0.25, -0.2) is 13.4 Å². The molecule has 1 saturated heterocycles. The van der Waals surface area contributed by atoms with Crippen LogP contribution in [0.25, 0.3) is 11.1 Å². The molecule has 0 spiro atoms. The SMILES string of the molecule is Cc1ccc(S(=O)(=O)N2CCN(CC(=O)Nc3ccc4nc(C)oc4c3)CC2)cc1. The van der Waals surface area contributed by atoms with E-state index in [9.17, 15) is 13.2 Å². The van der Waals surface area contributed by atoms with Crippen LogP contribution in [0, 0.1) is 13.8 Å². The van der Waals surface area contributed by atoms with E-state index in [2.05, 4.69) is 10.3 Å². The van der Waals surface area contributed by atoms with Gasteiger partial charge in [-0.3, -0.25) is 9.69 Å². The van der Waals surface area contributed by atoms with E-state index in [-0.39, 0.29) is 12.5 Å². The van der Waals surface area contributed by atoms with Gasteiger partial charge in [-0.05, 0) is 31.2 Å². The summed E-state index contributed by atoms with van der Waals surface area (Å²) >= 11 is 0. The monoisotopic (exact) mass is 428 g/mol. The largest absolute Gasteiger partial charge is 0.441 e. The Kier molecular flexibility index (Phi) is 5.59. The second-order valence-electron chi connectivity index (χ2n) is 7.46. The summed E-state index contributed by atoms with van der Waals surface area (Å²) < 4.78 is 32.6. The molecule has 1 N–H and O–H groups in total. The van der Waals surface area contributed by atoms with E-state index in [4.69, 9.17) is 4.42 Å². The number of oxazole rings is 1. The smallest absolute Gasteiger partial charge is 0.243 e. The number of amides is 1. The third kappa shape index (κ3) is 4.38. The number of sulfonamides is 1. The number of fused-ring (bicyclic) bond motifs is 1. The number of hydrogen-bond donors (Lipinski definition) is 1. The Bertz CT molecular complexity index is 1160. The van der Waals surface area contributed by atoms with Gasteiger partial charge in [0.15, 0.2) is 11.5 Å². The number of piperazine rings is 1. The molecule has 2 heterocycles. The van der Waals surface area contributed by atoms with Crippen LogP contribution in [0.2, 0.25) is 0 Å². The molecule has 30 heavy (non-hydrogen) atoms. The van der Waals surface area contributed by atoms with Crippen molar-refractivity contribution in [1.29, 1.82) is 0 Å². The number of rotatable bonds is 5. The molecule has 1 aliphatic rings. The van der Waals surface area contributed by atoms with Crippen LogP contribution in [0.5, 0.6) is 0 Å². The maximum atomic E-state index is 12.8. The average molecular weight is 429 g/mol. The number of aryl methyl sites for hydroxylation is 2. The molecule has 1 fully saturated rings. The molecule has 158 valence electrons. The van der Waals surface area contributed by atoms with E-state index >= 15 is 0 Å². The minimum absolute atomic E-state index is 0.152. The molecule has 0 unspecified atom stereocenters. The van der Waals surface area contributed by atoms with E-state index in [1.165, 1.54) is 4.31 Å². The zero-order valence-corrected chi connectivity index (χ0v) is 17.8. The first-order chi connectivity index (χ1) is 14.3. The molecule has 0 radical (unpaired) electrons. The Morgan fingerprint density at radius 2 is 1.77 bits per heavy atom. The summed E-state index contributed by atoms with van der Waals surface area (Å²) in [5.41, 5.74) is 3.03. The van der Waals surface area contributed by atoms with Crippen molar-refractivity contribution < 1.29 is 17.6 Å². The van der Waals surface area contributed by atoms with Gasteiger partial charge in [-0.15, -0.1) is 0 Å². The van der Waals surface area contributed by atoms with E-state index in [0.29, 0.717) is 48.2 Å². The Hall–Kier alpha value is -2.75. The van der Waals surface area contributed by atoms with Crippen molar-refractivity contribution in [2.75, 3.05) is 38.0 Å². The van der Waals surface area contributed by atoms with Crippen molar-refractivity contribution in [2.45, 2.75) is 18.7 Å². The topological polar surface area (TPSA) is 95.8 Å². The molecule has 0 atom stereocenters. The highest BCUT2D eigenvalue weighted by atomic mass is 32.2. The third-order valence-corrected chi connectivity index (χ3v) is 7.05. The molecule has 2 aromatic carbocycles. The van der Waals surface area contributed by atoms with Gasteiger partial charge >= 0.3 is 0 Å². The highest BCUT2D eigenvalue weighted by molar-refractivity contribution is 7.89. The first-order valence-electron chi connectivity index (χ1n) is 9.77. The van der Waals surface area contributed by atoms with E-state index in [1.807, 2.05) is 11.8 Å². The summed E-state index contributed by atoms with van der Waals surface area (Å²) in [4.78, 5) is 18.9. The van der Waals surface area contributed by atoms with Crippen molar-refractivity contribution in [3.05, 3.63) is 53.9 Å². The van der Waals surface area contributed by atoms with Gasteiger partial charge in [0.05, 0.1) is 11.4 Å². The number of nitrogens with one attached hydrogen (secondary N) is 1. The lowest BCUT2D eigenvalue weighted by atomic mass is 10.2. The Balaban J connectivity index is 1.32. The number of hydrogen-bond acceptors (Lipinski definition) is 6. The molecule has 3 aromatic rings. The first kappa shape index (κ1) is 20.5. The fraction of sp³-hybridized carbons (Fsp3) is 0.333. The second kappa shape index (κ2) is 8.17. The zero-order chi connectivity index (χ0) is 21.3. The van der Waals surface area contributed by atoms with Gasteiger partial charge in [0.1, 0.15) is 5.52 Å². The summed E-state index contributed by atoms with van der Waals surface area (Å²) in [6.45, 7) is 5.60. The van der Waals surface area contributed by atoms with Gasteiger partial charge in [0.2, 0.25) is 15.9 Å². The molecule has 8 nitrogen and oxygen atoms in total. The number of anilines is 1. The van der Waals surface area contributed by atoms with Crippen molar-refractivity contribution in [2.24, 2.45) is 0 Å². The van der Waals surface area contributed by atoms with Gasteiger partial charge in [0.25, 0.3) is 0 Å². The minimum atomic E-state index is -3.51. The van der Waals surface area contributed by atoms with Crippen LogP contribution >= 0.6 is 0 Å². The first-order valence-corrected chi connectivity index (χ1v) is 11.2. The molecule has 4 rings (SSSR count). The maximum Gasteiger partial charge on any atom is 0.243 e. The standard InChI is InChI=1S/C21H24N4O4S/c1-15-3-6-18(7-4-15)30(27,28)25-11-9-24(10-12-25)14-21(26)23-17-5-8-19-20(13-17)29-16(2)22-19/h3-8,13H,9-12,14H2,1-2H3,(H,23,26). The zero-order valence-electron chi connectivity index (χ0n) is 17.0. The van der Waals surface area contributed by atoms with Crippen LogP contribution in [0.1, 0.15) is 11.5 Å². The lowest BCUT2D eigenvalue weighted by Gasteiger charge is -2.33. The Labute approximate surface area is 175 Å². The number of benzene rings is 2. The normalized spacial score (nSPS) is 16.1. The molecule has 1 amide bonds. The molecule has 1 aliphatic heterocycles. The van der Waals surface area contributed by atoms with E-state index < -0.39 is 10.0 Å². The molecule has 9 heteroatoms. The molecule has 0 bridgehead atoms. The molecule has 0 saturated carbocycles. The minimum Gasteiger partial charge on any atom is -0.441 e. The van der Waals surface area contributed by atoms with Crippen molar-refractivity contribution in [1.82, 2.24) is 14.2 Å². The summed E-state index contributed by atoms with van der Waals surface area (Å²) in [5, 5.41) is 2.86. The highest BCUT2D eigenvalue weighted by Crippen LogP contribution is 2.20. The van der Waals surface area contributed by atoms with Crippen molar-refractivity contribution in [3.63, 3.8) is 0 Å². The van der Waals surface area contributed by atoms with Crippen LogP contribution in [0.4, 0.5) is 5.69 Å². The van der Waals surface area contributed by atoms with Gasteiger partial charge in [-0.1, -0.05) is 17.7 Å². The van der Waals surface area contributed by atoms with Crippen molar-refractivity contribution in [3.8, 4) is 0 Å². The van der Waals surface area contributed by atoms with Crippen molar-refractivity contribution >= 4 is 32.7 Å². The quantitative estimate of drug-likeness (QED) is 0.670. The number of carbonyl (C=O) groups excluding carboxylic acids is 1. The summed E-state index contributed by atoms with van der Waals surface area (Å²) in [7, 11) is -3.51. The van der Waals surface area contributed by atoms with Gasteiger partial charge < -0.3 is 9.73 Å². The molecule has 1 aromatic heterocycles. The maximum absolute atomic E-state index is 12.8. The van der Waals surface area contributed by atoms with Crippen LogP contribution < -0.4 is 5.32 Å². The number of nitrogens with zero attached hydrogens (tertiary/aromatic N) is 3. The summed E-state index contributed by atoms with van der Waals surface area (Å²) in [6, 6.07) is 12.2. The molecule has 0 aliphatic carbocycles. The van der Waals surface area contributed by atoms with Crippen LogP contribution in [0.15, 0.2) is 51.8 Å². The van der Waals surface area contributed by atoms with Gasteiger partial charge in [-0.2, -0.15) is 4.31 Å². The fourth-order valence-electron chi connectivity index (χ4n) is 3.51. The van der Waals surface area contributed by atoms with E-state index in [1.54, 1.807) is 49.4 Å². The lowest BCUT2D eigenvalue weighted by molar-refractivity contribution is -0.117. The van der Waals surface area contributed by atoms with Gasteiger partial charge in [0, 0.05) is 44.9 Å². The third-order valence-electron chi connectivity index (χ3n) is 5.14. The summed E-state index contributed by atoms with van der Waals surface area (Å²) in [6.07, 6.45) is 0. The van der Waals surface area contributed by atoms with E-state index in [0.717, 1.165) is 11.1 Å². The summed E-state index contributed by atoms with van der Waals surface area (Å²) in [5.74, 6) is 0.423. The molecular weight excluding hydrogens is 404 g/mol. The number of carbonyl (C=O) groups is 1. The molecular formula is C21H24N4O4S. The van der Waals surface area contributed by atoms with Crippen LogP contribution in [0.3, 0.4) is 0 Å². The fourth-order valence-corrected chi connectivity index (χ4v) is 4.93. The van der Waals surface area contributed by atoms with Crippen LogP contribution in [-0.4, -0.2) is 61.2 Å². The average Bonchev–Trinajstić information content (AvgIpc) is 3.08. The predicted octanol–water partition coefficient (Wildman–Crippen LogP) is 2.39.